The second kappa shape index (κ2) is 6.46. The SMILES string of the molecule is CC(CCN)c1ccc(SC2CCCC2)cc1. The van der Waals surface area contributed by atoms with Crippen LogP contribution in [-0.4, -0.2) is 11.8 Å². The Morgan fingerprint density at radius 2 is 1.88 bits per heavy atom. The Morgan fingerprint density at radius 3 is 2.47 bits per heavy atom. The highest BCUT2D eigenvalue weighted by Crippen LogP contribution is 2.35. The van der Waals surface area contributed by atoms with Crippen LogP contribution < -0.4 is 5.73 Å². The molecule has 0 bridgehead atoms. The lowest BCUT2D eigenvalue weighted by Crippen LogP contribution is -2.04. The van der Waals surface area contributed by atoms with Crippen molar-refractivity contribution in [1.29, 1.82) is 0 Å². The summed E-state index contributed by atoms with van der Waals surface area (Å²) in [6, 6.07) is 9.12. The third-order valence-electron chi connectivity index (χ3n) is 3.65. The molecule has 1 atom stereocenters. The maximum Gasteiger partial charge on any atom is 0.00944 e. The highest BCUT2D eigenvalue weighted by atomic mass is 32.2. The molecule has 0 amide bonds. The molecule has 1 saturated carbocycles. The average Bonchev–Trinajstić information content (AvgIpc) is 2.83. The second-order valence-electron chi connectivity index (χ2n) is 5.07. The lowest BCUT2D eigenvalue weighted by Gasteiger charge is -2.12. The van der Waals surface area contributed by atoms with Crippen LogP contribution in [0.1, 0.15) is 50.5 Å². The number of hydrogen-bond acceptors (Lipinski definition) is 2. The Kier molecular flexibility index (Phi) is 4.93. The number of thioether (sulfide) groups is 1. The molecule has 0 radical (unpaired) electrons. The summed E-state index contributed by atoms with van der Waals surface area (Å²) in [6.45, 7) is 3.03. The van der Waals surface area contributed by atoms with Gasteiger partial charge in [0.15, 0.2) is 0 Å². The molecule has 1 aliphatic carbocycles. The Bertz CT molecular complexity index is 327. The summed E-state index contributed by atoms with van der Waals surface area (Å²) >= 11 is 2.06. The third kappa shape index (κ3) is 3.75. The molecule has 1 aliphatic rings. The van der Waals surface area contributed by atoms with E-state index in [1.54, 1.807) is 0 Å². The minimum atomic E-state index is 0.588. The summed E-state index contributed by atoms with van der Waals surface area (Å²) in [4.78, 5) is 1.43. The normalized spacial score (nSPS) is 18.5. The highest BCUT2D eigenvalue weighted by Gasteiger charge is 2.16. The number of benzene rings is 1. The van der Waals surface area contributed by atoms with Gasteiger partial charge in [0.25, 0.3) is 0 Å². The van der Waals surface area contributed by atoms with E-state index in [-0.39, 0.29) is 0 Å². The first kappa shape index (κ1) is 13.0. The van der Waals surface area contributed by atoms with E-state index in [1.165, 1.54) is 36.1 Å². The molecule has 0 saturated heterocycles. The minimum absolute atomic E-state index is 0.588. The van der Waals surface area contributed by atoms with Crippen molar-refractivity contribution in [1.82, 2.24) is 0 Å². The number of hydrogen-bond donors (Lipinski definition) is 1. The lowest BCUT2D eigenvalue weighted by molar-refractivity contribution is 0.689. The van der Waals surface area contributed by atoms with Crippen molar-refractivity contribution in [3.8, 4) is 0 Å². The summed E-state index contributed by atoms with van der Waals surface area (Å²) in [5.41, 5.74) is 7.02. The van der Waals surface area contributed by atoms with Crippen LogP contribution in [0.25, 0.3) is 0 Å². The first-order chi connectivity index (χ1) is 8.29. The zero-order chi connectivity index (χ0) is 12.1. The monoisotopic (exact) mass is 249 g/mol. The van der Waals surface area contributed by atoms with Gasteiger partial charge in [0.1, 0.15) is 0 Å². The van der Waals surface area contributed by atoms with E-state index in [0.717, 1.165) is 18.2 Å². The van der Waals surface area contributed by atoms with Crippen LogP contribution in [0.5, 0.6) is 0 Å². The first-order valence-electron chi connectivity index (χ1n) is 6.76. The molecular formula is C15H23NS. The Hall–Kier alpha value is -0.470. The molecule has 0 aliphatic heterocycles. The van der Waals surface area contributed by atoms with E-state index in [1.807, 2.05) is 0 Å². The van der Waals surface area contributed by atoms with Crippen LogP contribution in [0.2, 0.25) is 0 Å². The summed E-state index contributed by atoms with van der Waals surface area (Å²) in [5.74, 6) is 0.588. The van der Waals surface area contributed by atoms with Crippen LogP contribution >= 0.6 is 11.8 Å². The van der Waals surface area contributed by atoms with E-state index < -0.39 is 0 Å². The molecule has 2 rings (SSSR count). The molecule has 1 fully saturated rings. The lowest BCUT2D eigenvalue weighted by atomic mass is 9.98. The van der Waals surface area contributed by atoms with Gasteiger partial charge in [0.2, 0.25) is 0 Å². The molecule has 2 N–H and O–H groups in total. The van der Waals surface area contributed by atoms with Gasteiger partial charge in [-0.2, -0.15) is 0 Å². The maximum absolute atomic E-state index is 5.60. The zero-order valence-corrected chi connectivity index (χ0v) is 11.5. The largest absolute Gasteiger partial charge is 0.330 e. The average molecular weight is 249 g/mol. The highest BCUT2D eigenvalue weighted by molar-refractivity contribution is 8.00. The van der Waals surface area contributed by atoms with Crippen molar-refractivity contribution in [2.45, 2.75) is 55.1 Å². The third-order valence-corrected chi connectivity index (χ3v) is 5.00. The van der Waals surface area contributed by atoms with E-state index in [9.17, 15) is 0 Å². The van der Waals surface area contributed by atoms with Gasteiger partial charge in [-0.3, -0.25) is 0 Å². The van der Waals surface area contributed by atoms with Crippen LogP contribution in [0.15, 0.2) is 29.2 Å². The molecule has 1 aromatic rings. The van der Waals surface area contributed by atoms with E-state index >= 15 is 0 Å². The fourth-order valence-electron chi connectivity index (χ4n) is 2.49. The van der Waals surface area contributed by atoms with Gasteiger partial charge in [0.05, 0.1) is 0 Å². The van der Waals surface area contributed by atoms with Crippen molar-refractivity contribution in [3.05, 3.63) is 29.8 Å². The molecule has 1 aromatic carbocycles. The van der Waals surface area contributed by atoms with Crippen molar-refractivity contribution in [2.24, 2.45) is 5.73 Å². The van der Waals surface area contributed by atoms with Crippen LogP contribution in [0.4, 0.5) is 0 Å². The number of nitrogens with two attached hydrogens (primary N) is 1. The van der Waals surface area contributed by atoms with Crippen LogP contribution in [0.3, 0.4) is 0 Å². The van der Waals surface area contributed by atoms with Crippen molar-refractivity contribution in [2.75, 3.05) is 6.54 Å². The van der Waals surface area contributed by atoms with Crippen LogP contribution in [-0.2, 0) is 0 Å². The predicted octanol–water partition coefficient (Wildman–Crippen LogP) is 4.17. The van der Waals surface area contributed by atoms with Gasteiger partial charge in [-0.1, -0.05) is 31.9 Å². The maximum atomic E-state index is 5.60. The van der Waals surface area contributed by atoms with Gasteiger partial charge in [0, 0.05) is 10.1 Å². The smallest absolute Gasteiger partial charge is 0.00944 e. The quantitative estimate of drug-likeness (QED) is 0.847. The molecule has 94 valence electrons. The van der Waals surface area contributed by atoms with Gasteiger partial charge >= 0.3 is 0 Å². The van der Waals surface area contributed by atoms with Gasteiger partial charge in [-0.05, 0) is 49.4 Å². The first-order valence-corrected chi connectivity index (χ1v) is 7.64. The van der Waals surface area contributed by atoms with E-state index in [2.05, 4.69) is 43.0 Å². The fraction of sp³-hybridized carbons (Fsp3) is 0.600. The fourth-order valence-corrected chi connectivity index (χ4v) is 3.74. The molecule has 1 unspecified atom stereocenters. The Morgan fingerprint density at radius 1 is 1.24 bits per heavy atom. The van der Waals surface area contributed by atoms with Gasteiger partial charge < -0.3 is 5.73 Å². The summed E-state index contributed by atoms with van der Waals surface area (Å²) in [6.07, 6.45) is 6.72. The molecule has 1 nitrogen and oxygen atoms in total. The van der Waals surface area contributed by atoms with E-state index in [0.29, 0.717) is 5.92 Å². The summed E-state index contributed by atoms with van der Waals surface area (Å²) in [5, 5.41) is 0.863. The number of rotatable bonds is 5. The standard InChI is InChI=1S/C15H23NS/c1-12(10-11-16)13-6-8-15(9-7-13)17-14-4-2-3-5-14/h6-9,12,14H,2-5,10-11,16H2,1H3. The second-order valence-corrected chi connectivity index (χ2v) is 6.45. The van der Waals surface area contributed by atoms with Crippen LogP contribution in [0, 0.1) is 0 Å². The molecule has 2 heteroatoms. The van der Waals surface area contributed by atoms with Gasteiger partial charge in [-0.25, -0.2) is 0 Å². The molecule has 0 spiro atoms. The van der Waals surface area contributed by atoms with Crippen molar-refractivity contribution >= 4 is 11.8 Å². The molecular weight excluding hydrogens is 226 g/mol. The van der Waals surface area contributed by atoms with Crippen molar-refractivity contribution < 1.29 is 0 Å². The van der Waals surface area contributed by atoms with E-state index in [4.69, 9.17) is 5.73 Å². The topological polar surface area (TPSA) is 26.0 Å². The molecule has 0 heterocycles. The minimum Gasteiger partial charge on any atom is -0.330 e. The van der Waals surface area contributed by atoms with Gasteiger partial charge in [-0.15, -0.1) is 11.8 Å². The summed E-state index contributed by atoms with van der Waals surface area (Å²) in [7, 11) is 0. The summed E-state index contributed by atoms with van der Waals surface area (Å²) < 4.78 is 0. The van der Waals surface area contributed by atoms with Crippen molar-refractivity contribution in [3.63, 3.8) is 0 Å². The molecule has 17 heavy (non-hydrogen) atoms. The zero-order valence-electron chi connectivity index (χ0n) is 10.7. The molecule has 0 aromatic heterocycles. The Labute approximate surface area is 109 Å². The predicted molar refractivity (Wildman–Crippen MR) is 76.6 cm³/mol. The Balaban J connectivity index is 1.92.